The standard InChI is InChI=1S/C16H30N4O2S.HI/c1-4-6-8-21-10-11-22-9-7-18-16(17-5-2)20-13-15-19-12-14(3)23-15;/h12H,4-11,13H2,1-3H3,(H2,17,18,20);1H. The van der Waals surface area contributed by atoms with Gasteiger partial charge in [0.25, 0.3) is 0 Å². The van der Waals surface area contributed by atoms with Crippen LogP contribution in [0.15, 0.2) is 11.2 Å². The van der Waals surface area contributed by atoms with Crippen molar-refractivity contribution < 1.29 is 9.47 Å². The molecule has 140 valence electrons. The van der Waals surface area contributed by atoms with Crippen molar-refractivity contribution in [3.63, 3.8) is 0 Å². The number of thiazole rings is 1. The van der Waals surface area contributed by atoms with Crippen molar-refractivity contribution in [2.24, 2.45) is 4.99 Å². The molecule has 0 spiro atoms. The van der Waals surface area contributed by atoms with E-state index in [4.69, 9.17) is 9.47 Å². The molecule has 0 aliphatic heterocycles. The number of halogens is 1. The zero-order chi connectivity index (χ0) is 16.8. The summed E-state index contributed by atoms with van der Waals surface area (Å²) in [5.74, 6) is 0.795. The molecule has 0 amide bonds. The zero-order valence-corrected chi connectivity index (χ0v) is 18.1. The Labute approximate surface area is 166 Å². The molecule has 1 aromatic heterocycles. The number of unbranched alkanes of at least 4 members (excludes halogenated alkanes) is 1. The third-order valence-electron chi connectivity index (χ3n) is 2.94. The molecule has 0 aliphatic rings. The highest BCUT2D eigenvalue weighted by molar-refractivity contribution is 14.0. The van der Waals surface area contributed by atoms with Crippen LogP contribution >= 0.6 is 35.3 Å². The van der Waals surface area contributed by atoms with Crippen LogP contribution in [-0.2, 0) is 16.0 Å². The Balaban J connectivity index is 0.00000529. The van der Waals surface area contributed by atoms with E-state index in [-0.39, 0.29) is 24.0 Å². The van der Waals surface area contributed by atoms with Crippen molar-refractivity contribution in [3.05, 3.63) is 16.1 Å². The molecule has 8 heteroatoms. The summed E-state index contributed by atoms with van der Waals surface area (Å²) in [7, 11) is 0. The monoisotopic (exact) mass is 470 g/mol. The highest BCUT2D eigenvalue weighted by atomic mass is 127. The maximum absolute atomic E-state index is 5.53. The Morgan fingerprint density at radius 2 is 1.92 bits per heavy atom. The fourth-order valence-corrected chi connectivity index (χ4v) is 2.48. The van der Waals surface area contributed by atoms with E-state index < -0.39 is 0 Å². The average molecular weight is 470 g/mol. The van der Waals surface area contributed by atoms with Crippen LogP contribution in [0.5, 0.6) is 0 Å². The van der Waals surface area contributed by atoms with Gasteiger partial charge in [0.05, 0.1) is 26.4 Å². The maximum Gasteiger partial charge on any atom is 0.191 e. The second-order valence-electron chi connectivity index (χ2n) is 5.06. The molecule has 0 atom stereocenters. The van der Waals surface area contributed by atoms with Crippen LogP contribution in [0.3, 0.4) is 0 Å². The Morgan fingerprint density at radius 3 is 2.54 bits per heavy atom. The van der Waals surface area contributed by atoms with E-state index in [1.54, 1.807) is 11.3 Å². The number of hydrogen-bond acceptors (Lipinski definition) is 5. The smallest absolute Gasteiger partial charge is 0.191 e. The minimum absolute atomic E-state index is 0. The first-order valence-corrected chi connectivity index (χ1v) is 9.16. The zero-order valence-electron chi connectivity index (χ0n) is 15.0. The SMILES string of the molecule is CCCCOCCOCCNC(=NCc1ncc(C)s1)NCC.I. The lowest BCUT2D eigenvalue weighted by atomic mass is 10.4. The second kappa shape index (κ2) is 16.0. The lowest BCUT2D eigenvalue weighted by Gasteiger charge is -2.11. The molecule has 0 fully saturated rings. The number of hydrogen-bond donors (Lipinski definition) is 2. The fraction of sp³-hybridized carbons (Fsp3) is 0.750. The minimum atomic E-state index is 0. The van der Waals surface area contributed by atoms with Crippen LogP contribution < -0.4 is 10.6 Å². The van der Waals surface area contributed by atoms with Gasteiger partial charge in [-0.1, -0.05) is 13.3 Å². The van der Waals surface area contributed by atoms with Gasteiger partial charge in [-0.3, -0.25) is 0 Å². The highest BCUT2D eigenvalue weighted by Gasteiger charge is 2.00. The van der Waals surface area contributed by atoms with Crippen molar-refractivity contribution in [1.82, 2.24) is 15.6 Å². The van der Waals surface area contributed by atoms with Gasteiger partial charge in [0.2, 0.25) is 0 Å². The third kappa shape index (κ3) is 12.0. The van der Waals surface area contributed by atoms with Gasteiger partial charge in [0.15, 0.2) is 5.96 Å². The normalized spacial score (nSPS) is 11.2. The summed E-state index contributed by atoms with van der Waals surface area (Å²) in [6, 6.07) is 0. The van der Waals surface area contributed by atoms with Crippen LogP contribution in [0.25, 0.3) is 0 Å². The summed E-state index contributed by atoms with van der Waals surface area (Å²) in [5.41, 5.74) is 0. The molecule has 0 bridgehead atoms. The van der Waals surface area contributed by atoms with Gasteiger partial charge in [-0.15, -0.1) is 35.3 Å². The van der Waals surface area contributed by atoms with Gasteiger partial charge in [-0.2, -0.15) is 0 Å². The van der Waals surface area contributed by atoms with E-state index in [1.165, 1.54) is 4.88 Å². The fourth-order valence-electron chi connectivity index (χ4n) is 1.77. The molecular weight excluding hydrogens is 439 g/mol. The Kier molecular flexibility index (Phi) is 15.7. The number of nitrogens with one attached hydrogen (secondary N) is 2. The summed E-state index contributed by atoms with van der Waals surface area (Å²) in [4.78, 5) is 10.1. The summed E-state index contributed by atoms with van der Waals surface area (Å²) in [6.45, 7) is 11.2. The van der Waals surface area contributed by atoms with Gasteiger partial charge < -0.3 is 20.1 Å². The Hall–Kier alpha value is -0.450. The molecule has 0 unspecified atom stereocenters. The molecule has 0 saturated heterocycles. The summed E-state index contributed by atoms with van der Waals surface area (Å²) < 4.78 is 11.0. The van der Waals surface area contributed by atoms with Gasteiger partial charge in [-0.05, 0) is 20.3 Å². The average Bonchev–Trinajstić information content (AvgIpc) is 2.96. The summed E-state index contributed by atoms with van der Waals surface area (Å²) in [5, 5.41) is 7.51. The largest absolute Gasteiger partial charge is 0.379 e. The first-order valence-electron chi connectivity index (χ1n) is 8.35. The van der Waals surface area contributed by atoms with Gasteiger partial charge >= 0.3 is 0 Å². The first kappa shape index (κ1) is 23.5. The van der Waals surface area contributed by atoms with Crippen LogP contribution in [0, 0.1) is 6.92 Å². The first-order chi connectivity index (χ1) is 11.3. The maximum atomic E-state index is 5.53. The van der Waals surface area contributed by atoms with E-state index in [0.717, 1.165) is 43.5 Å². The number of ether oxygens (including phenoxy) is 2. The van der Waals surface area contributed by atoms with E-state index >= 15 is 0 Å². The van der Waals surface area contributed by atoms with E-state index in [0.29, 0.717) is 26.4 Å². The van der Waals surface area contributed by atoms with Crippen LogP contribution in [-0.4, -0.2) is 50.5 Å². The molecule has 0 radical (unpaired) electrons. The lowest BCUT2D eigenvalue weighted by molar-refractivity contribution is 0.0487. The molecule has 6 nitrogen and oxygen atoms in total. The van der Waals surface area contributed by atoms with E-state index in [1.807, 2.05) is 6.20 Å². The Bertz CT molecular complexity index is 443. The van der Waals surface area contributed by atoms with Crippen LogP contribution in [0.4, 0.5) is 0 Å². The summed E-state index contributed by atoms with van der Waals surface area (Å²) >= 11 is 1.68. The van der Waals surface area contributed by atoms with E-state index in [2.05, 4.69) is 41.4 Å². The second-order valence-corrected chi connectivity index (χ2v) is 6.38. The molecule has 24 heavy (non-hydrogen) atoms. The van der Waals surface area contributed by atoms with Gasteiger partial charge in [0.1, 0.15) is 5.01 Å². The van der Waals surface area contributed by atoms with E-state index in [9.17, 15) is 0 Å². The minimum Gasteiger partial charge on any atom is -0.379 e. The molecule has 1 rings (SSSR count). The predicted molar refractivity (Wildman–Crippen MR) is 112 cm³/mol. The number of guanidine groups is 1. The van der Waals surface area contributed by atoms with Crippen LogP contribution in [0.1, 0.15) is 36.6 Å². The van der Waals surface area contributed by atoms with Crippen molar-refractivity contribution in [3.8, 4) is 0 Å². The van der Waals surface area contributed by atoms with Crippen LogP contribution in [0.2, 0.25) is 0 Å². The summed E-state index contributed by atoms with van der Waals surface area (Å²) in [6.07, 6.45) is 4.16. The molecule has 1 heterocycles. The van der Waals surface area contributed by atoms with Gasteiger partial charge in [0, 0.05) is 30.8 Å². The molecule has 0 aliphatic carbocycles. The lowest BCUT2D eigenvalue weighted by Crippen LogP contribution is -2.39. The molecule has 1 aromatic rings. The number of nitrogens with zero attached hydrogens (tertiary/aromatic N) is 2. The third-order valence-corrected chi connectivity index (χ3v) is 3.84. The quantitative estimate of drug-likeness (QED) is 0.213. The topological polar surface area (TPSA) is 67.8 Å². The van der Waals surface area contributed by atoms with Crippen molar-refractivity contribution in [1.29, 1.82) is 0 Å². The number of rotatable bonds is 12. The molecule has 2 N–H and O–H groups in total. The van der Waals surface area contributed by atoms with Crippen molar-refractivity contribution in [2.75, 3.05) is 39.5 Å². The number of aryl methyl sites for hydroxylation is 1. The number of aromatic nitrogens is 1. The number of aliphatic imine (C=N–C) groups is 1. The molecule has 0 saturated carbocycles. The molecule has 0 aromatic carbocycles. The predicted octanol–water partition coefficient (Wildman–Crippen LogP) is 2.96. The van der Waals surface area contributed by atoms with Gasteiger partial charge in [-0.25, -0.2) is 9.98 Å². The molecular formula is C16H31IN4O2S. The van der Waals surface area contributed by atoms with Crippen molar-refractivity contribution in [2.45, 2.75) is 40.2 Å². The van der Waals surface area contributed by atoms with Crippen molar-refractivity contribution >= 4 is 41.3 Å². The highest BCUT2D eigenvalue weighted by Crippen LogP contribution is 2.11. The Morgan fingerprint density at radius 1 is 1.17 bits per heavy atom.